The van der Waals surface area contributed by atoms with E-state index in [1.54, 1.807) is 6.21 Å². The first kappa shape index (κ1) is 19.2. The van der Waals surface area contributed by atoms with Crippen molar-refractivity contribution in [1.29, 1.82) is 0 Å². The summed E-state index contributed by atoms with van der Waals surface area (Å²) in [4.78, 5) is 34.1. The van der Waals surface area contributed by atoms with E-state index in [9.17, 15) is 34.8 Å². The van der Waals surface area contributed by atoms with E-state index >= 15 is 0 Å². The number of carboxylic acid groups (broad SMARTS) is 3. The molecule has 148 valence electrons. The summed E-state index contributed by atoms with van der Waals surface area (Å²) in [5, 5.41) is 49.7. The average molecular weight is 391 g/mol. The Kier molecular flexibility index (Phi) is 4.95. The molecule has 28 heavy (non-hydrogen) atoms. The summed E-state index contributed by atoms with van der Waals surface area (Å²) in [7, 11) is 0. The SMILES string of the molecule is O=C(O)C1=CC(CC=[N+]2c3cc(O)c(O)cc3CC2C(=O)O)C[C@@H](C(=O)O)N1. The van der Waals surface area contributed by atoms with Gasteiger partial charge in [0, 0.05) is 12.0 Å². The third-order valence-corrected chi connectivity index (χ3v) is 4.89. The number of carbonyl (C=O) groups is 3. The van der Waals surface area contributed by atoms with E-state index in [-0.39, 0.29) is 36.5 Å². The highest BCUT2D eigenvalue weighted by Gasteiger charge is 2.41. The van der Waals surface area contributed by atoms with Crippen molar-refractivity contribution in [2.75, 3.05) is 0 Å². The van der Waals surface area contributed by atoms with Crippen LogP contribution >= 0.6 is 0 Å². The van der Waals surface area contributed by atoms with Crippen molar-refractivity contribution in [1.82, 2.24) is 5.32 Å². The van der Waals surface area contributed by atoms with Crippen LogP contribution in [0.4, 0.5) is 5.69 Å². The molecule has 1 aromatic carbocycles. The Bertz CT molecular complexity index is 920. The van der Waals surface area contributed by atoms with Crippen molar-refractivity contribution >= 4 is 29.8 Å². The fourth-order valence-corrected chi connectivity index (χ4v) is 3.53. The molecule has 3 atom stereocenters. The molecule has 6 N–H and O–H groups in total. The molecule has 0 radical (unpaired) electrons. The number of nitrogens with one attached hydrogen (secondary N) is 1. The van der Waals surface area contributed by atoms with Crippen LogP contribution in [0.2, 0.25) is 0 Å². The minimum atomic E-state index is -1.27. The molecule has 0 amide bonds. The van der Waals surface area contributed by atoms with E-state index in [1.807, 2.05) is 0 Å². The minimum Gasteiger partial charge on any atom is -0.504 e. The lowest BCUT2D eigenvalue weighted by Gasteiger charge is -2.25. The van der Waals surface area contributed by atoms with Gasteiger partial charge < -0.3 is 30.8 Å². The summed E-state index contributed by atoms with van der Waals surface area (Å²) in [6, 6.07) is 0.570. The van der Waals surface area contributed by atoms with Gasteiger partial charge in [-0.05, 0) is 18.4 Å². The molecule has 1 aromatic rings. The lowest BCUT2D eigenvalue weighted by Crippen LogP contribution is -2.43. The van der Waals surface area contributed by atoms with Crippen molar-refractivity contribution < 1.29 is 44.5 Å². The second-order valence-corrected chi connectivity index (χ2v) is 6.77. The van der Waals surface area contributed by atoms with Crippen LogP contribution in [0.25, 0.3) is 0 Å². The van der Waals surface area contributed by atoms with E-state index in [1.165, 1.54) is 22.8 Å². The summed E-state index contributed by atoms with van der Waals surface area (Å²) >= 11 is 0. The number of hydrogen-bond acceptors (Lipinski definition) is 6. The lowest BCUT2D eigenvalue weighted by atomic mass is 9.92. The molecule has 0 spiro atoms. The summed E-state index contributed by atoms with van der Waals surface area (Å²) in [5.74, 6) is -4.71. The summed E-state index contributed by atoms with van der Waals surface area (Å²) < 4.78 is 1.45. The maximum atomic E-state index is 11.6. The van der Waals surface area contributed by atoms with Gasteiger partial charge in [-0.3, -0.25) is 0 Å². The molecule has 10 heteroatoms. The molecule has 0 aliphatic carbocycles. The van der Waals surface area contributed by atoms with Crippen molar-refractivity contribution in [3.05, 3.63) is 29.5 Å². The number of benzene rings is 1. The van der Waals surface area contributed by atoms with Crippen molar-refractivity contribution in [2.45, 2.75) is 31.3 Å². The van der Waals surface area contributed by atoms with Gasteiger partial charge >= 0.3 is 17.9 Å². The monoisotopic (exact) mass is 391 g/mol. The maximum absolute atomic E-state index is 11.6. The topological polar surface area (TPSA) is 167 Å². The quantitative estimate of drug-likeness (QED) is 0.304. The van der Waals surface area contributed by atoms with Crippen LogP contribution in [0.15, 0.2) is 23.9 Å². The molecule has 0 saturated carbocycles. The molecule has 0 saturated heterocycles. The Morgan fingerprint density at radius 2 is 1.79 bits per heavy atom. The molecule has 0 fully saturated rings. The van der Waals surface area contributed by atoms with Gasteiger partial charge in [-0.25, -0.2) is 14.4 Å². The molecule has 0 aromatic heterocycles. The number of nitrogens with zero attached hydrogens (tertiary/aromatic N) is 1. The normalized spacial score (nSPS) is 24.9. The van der Waals surface area contributed by atoms with Gasteiger partial charge in [-0.2, -0.15) is 4.58 Å². The Morgan fingerprint density at radius 3 is 2.39 bits per heavy atom. The summed E-state index contributed by atoms with van der Waals surface area (Å²) in [6.07, 6.45) is 3.44. The molecule has 3 rings (SSSR count). The van der Waals surface area contributed by atoms with Crippen molar-refractivity contribution in [3.8, 4) is 11.5 Å². The third kappa shape index (κ3) is 3.61. The van der Waals surface area contributed by atoms with Crippen LogP contribution in [0.1, 0.15) is 18.4 Å². The fraction of sp³-hybridized carbons (Fsp3) is 0.333. The number of aromatic hydroxyl groups is 2. The molecule has 2 heterocycles. The largest absolute Gasteiger partial charge is 0.504 e. The lowest BCUT2D eigenvalue weighted by molar-refractivity contribution is -0.458. The van der Waals surface area contributed by atoms with Gasteiger partial charge in [-0.15, -0.1) is 0 Å². The van der Waals surface area contributed by atoms with E-state index in [4.69, 9.17) is 5.11 Å². The maximum Gasteiger partial charge on any atom is 0.373 e. The number of phenolic OH excluding ortho intramolecular Hbond substituents is 2. The van der Waals surface area contributed by atoms with Gasteiger partial charge in [0.05, 0.1) is 12.5 Å². The Hall–Kier alpha value is -3.56. The number of rotatable bonds is 5. The van der Waals surface area contributed by atoms with Gasteiger partial charge in [-0.1, -0.05) is 6.08 Å². The van der Waals surface area contributed by atoms with Crippen LogP contribution in [0.5, 0.6) is 11.5 Å². The first-order valence-electron chi connectivity index (χ1n) is 8.51. The van der Waals surface area contributed by atoms with Gasteiger partial charge in [0.15, 0.2) is 11.5 Å². The highest BCUT2D eigenvalue weighted by molar-refractivity contribution is 5.88. The first-order chi connectivity index (χ1) is 13.2. The highest BCUT2D eigenvalue weighted by atomic mass is 16.4. The highest BCUT2D eigenvalue weighted by Crippen LogP contribution is 2.38. The number of phenols is 2. The van der Waals surface area contributed by atoms with E-state index < -0.39 is 35.9 Å². The number of carboxylic acids is 3. The molecular weight excluding hydrogens is 372 g/mol. The van der Waals surface area contributed by atoms with Crippen LogP contribution < -0.4 is 5.32 Å². The molecular formula is C18H19N2O8+. The van der Waals surface area contributed by atoms with Crippen LogP contribution in [-0.2, 0) is 20.8 Å². The molecule has 2 aliphatic rings. The zero-order chi connectivity index (χ0) is 20.6. The Balaban J connectivity index is 1.92. The van der Waals surface area contributed by atoms with Crippen molar-refractivity contribution in [2.24, 2.45) is 5.92 Å². The Morgan fingerprint density at radius 1 is 1.11 bits per heavy atom. The molecule has 2 unspecified atom stereocenters. The number of fused-ring (bicyclic) bond motifs is 1. The van der Waals surface area contributed by atoms with Crippen LogP contribution in [-0.4, -0.2) is 66.3 Å². The third-order valence-electron chi connectivity index (χ3n) is 4.89. The van der Waals surface area contributed by atoms with Gasteiger partial charge in [0.1, 0.15) is 18.0 Å². The predicted molar refractivity (Wildman–Crippen MR) is 93.9 cm³/mol. The van der Waals surface area contributed by atoms with Crippen LogP contribution in [0.3, 0.4) is 0 Å². The zero-order valence-electron chi connectivity index (χ0n) is 14.6. The number of aliphatic carboxylic acids is 3. The zero-order valence-corrected chi connectivity index (χ0v) is 14.6. The van der Waals surface area contributed by atoms with E-state index in [0.717, 1.165) is 0 Å². The molecule has 10 nitrogen and oxygen atoms in total. The number of allylic oxidation sites excluding steroid dienone is 1. The molecule has 2 aliphatic heterocycles. The van der Waals surface area contributed by atoms with Gasteiger partial charge in [0.25, 0.3) is 6.04 Å². The number of hydrogen-bond donors (Lipinski definition) is 6. The molecule has 0 bridgehead atoms. The van der Waals surface area contributed by atoms with Crippen molar-refractivity contribution in [3.63, 3.8) is 0 Å². The summed E-state index contributed by atoms with van der Waals surface area (Å²) in [6.45, 7) is 0. The van der Waals surface area contributed by atoms with Crippen LogP contribution in [0, 0.1) is 5.92 Å². The summed E-state index contributed by atoms with van der Waals surface area (Å²) in [5.41, 5.74) is 0.763. The Labute approximate surface area is 158 Å². The first-order valence-corrected chi connectivity index (χ1v) is 8.51. The minimum absolute atomic E-state index is 0.120. The van der Waals surface area contributed by atoms with Gasteiger partial charge in [0.2, 0.25) is 5.69 Å². The fourth-order valence-electron chi connectivity index (χ4n) is 3.53. The smallest absolute Gasteiger partial charge is 0.373 e. The second-order valence-electron chi connectivity index (χ2n) is 6.77. The van der Waals surface area contributed by atoms with E-state index in [0.29, 0.717) is 11.3 Å². The second kappa shape index (κ2) is 7.22. The average Bonchev–Trinajstić information content (AvgIpc) is 2.97. The predicted octanol–water partition coefficient (Wildman–Crippen LogP) is 0.243. The van der Waals surface area contributed by atoms with E-state index in [2.05, 4.69) is 5.32 Å². The standard InChI is InChI=1S/C18H18N2O8/c21-14-6-9-5-13(18(27)28)20(12(9)7-15(14)22)2-1-8-3-10(16(23)24)19-11(4-8)17(25)26/h2-3,6-8,11,13,19H,1,4-5H2,(H4-,21,22,23,24,25,26,27,28)/p+1/t8?,11-,13?/m0/s1.